The number of fused-ring (bicyclic) bond motifs is 5. The molecule has 3 fully saturated rings. The number of halogens is 1. The van der Waals surface area contributed by atoms with E-state index >= 15 is 0 Å². The molecule has 0 N–H and O–H groups in total. The number of hydrogen-bond donors (Lipinski definition) is 0. The molecule has 4 heteroatoms. The molecule has 0 aromatic rings. The standard InChI is InChI=1S/C23H33ClO3/c1-14(25)27-16-8-10-22(2)15(12-16)4-5-17-18-6-7-20(21(26)13-24)23(18,3)11-9-19(17)22/h4,16-20H,5-13H2,1-3H3/t16-,17+,18-,19-,20+,22-,23-/m0/s1. The van der Waals surface area contributed by atoms with Crippen LogP contribution in [0.1, 0.15) is 72.1 Å². The molecule has 3 saturated carbocycles. The van der Waals surface area contributed by atoms with Crippen LogP contribution in [0.4, 0.5) is 0 Å². The summed E-state index contributed by atoms with van der Waals surface area (Å²) in [6.07, 6.45) is 11.2. The minimum absolute atomic E-state index is 0.0597. The molecule has 0 unspecified atom stereocenters. The number of ketones is 1. The number of carbonyl (C=O) groups is 2. The van der Waals surface area contributed by atoms with Crippen LogP contribution >= 0.6 is 11.6 Å². The van der Waals surface area contributed by atoms with Gasteiger partial charge in [-0.25, -0.2) is 0 Å². The molecular formula is C23H33ClO3. The number of rotatable bonds is 3. The van der Waals surface area contributed by atoms with Gasteiger partial charge in [0.25, 0.3) is 0 Å². The number of hydrogen-bond acceptors (Lipinski definition) is 3. The lowest BCUT2D eigenvalue weighted by Gasteiger charge is -2.58. The third-order valence-electron chi connectivity index (χ3n) is 8.91. The zero-order valence-electron chi connectivity index (χ0n) is 16.9. The van der Waals surface area contributed by atoms with Crippen LogP contribution in [0.2, 0.25) is 0 Å². The molecule has 0 aromatic heterocycles. The monoisotopic (exact) mass is 392 g/mol. The van der Waals surface area contributed by atoms with Crippen molar-refractivity contribution in [1.29, 1.82) is 0 Å². The summed E-state index contributed by atoms with van der Waals surface area (Å²) in [6, 6.07) is 0. The first-order valence-corrected chi connectivity index (χ1v) is 11.3. The number of ether oxygens (including phenoxy) is 1. The Hall–Kier alpha value is -0.830. The van der Waals surface area contributed by atoms with Crippen molar-refractivity contribution in [2.24, 2.45) is 34.5 Å². The first-order chi connectivity index (χ1) is 12.8. The van der Waals surface area contributed by atoms with Crippen molar-refractivity contribution < 1.29 is 14.3 Å². The number of alkyl halides is 1. The summed E-state index contributed by atoms with van der Waals surface area (Å²) in [5, 5.41) is 0. The Balaban J connectivity index is 1.57. The largest absolute Gasteiger partial charge is 0.462 e. The van der Waals surface area contributed by atoms with E-state index in [0.29, 0.717) is 17.8 Å². The van der Waals surface area contributed by atoms with Crippen LogP contribution in [0.25, 0.3) is 0 Å². The van der Waals surface area contributed by atoms with Crippen molar-refractivity contribution in [1.82, 2.24) is 0 Å². The number of allylic oxidation sites excluding steroid dienone is 1. The fraction of sp³-hybridized carbons (Fsp3) is 0.826. The average molecular weight is 393 g/mol. The maximum Gasteiger partial charge on any atom is 0.302 e. The van der Waals surface area contributed by atoms with Crippen LogP contribution in [0.3, 0.4) is 0 Å². The molecule has 3 nitrogen and oxygen atoms in total. The van der Waals surface area contributed by atoms with Crippen molar-refractivity contribution in [2.45, 2.75) is 78.2 Å². The van der Waals surface area contributed by atoms with E-state index in [1.165, 1.54) is 25.3 Å². The van der Waals surface area contributed by atoms with E-state index in [1.807, 2.05) is 0 Å². The lowest BCUT2D eigenvalue weighted by atomic mass is 9.47. The second-order valence-electron chi connectivity index (χ2n) is 10.0. The summed E-state index contributed by atoms with van der Waals surface area (Å²) in [7, 11) is 0. The highest BCUT2D eigenvalue weighted by atomic mass is 35.5. The minimum Gasteiger partial charge on any atom is -0.462 e. The van der Waals surface area contributed by atoms with E-state index in [-0.39, 0.29) is 40.5 Å². The number of esters is 1. The van der Waals surface area contributed by atoms with Gasteiger partial charge in [-0.3, -0.25) is 9.59 Å². The van der Waals surface area contributed by atoms with Crippen molar-refractivity contribution in [3.63, 3.8) is 0 Å². The van der Waals surface area contributed by atoms with E-state index in [2.05, 4.69) is 19.9 Å². The highest BCUT2D eigenvalue weighted by molar-refractivity contribution is 6.28. The fourth-order valence-electron chi connectivity index (χ4n) is 7.58. The topological polar surface area (TPSA) is 43.4 Å². The summed E-state index contributed by atoms with van der Waals surface area (Å²) in [6.45, 7) is 6.34. The molecule has 0 radical (unpaired) electrons. The normalized spacial score (nSPS) is 45.9. The predicted octanol–water partition coefficient (Wildman–Crippen LogP) is 5.31. The second kappa shape index (κ2) is 6.90. The molecule has 0 aliphatic heterocycles. The molecule has 7 atom stereocenters. The third kappa shape index (κ3) is 2.99. The van der Waals surface area contributed by atoms with E-state index in [1.54, 1.807) is 0 Å². The Morgan fingerprint density at radius 3 is 2.63 bits per heavy atom. The van der Waals surface area contributed by atoms with Gasteiger partial charge in [0.2, 0.25) is 0 Å². The van der Waals surface area contributed by atoms with Crippen molar-refractivity contribution in [3.8, 4) is 0 Å². The molecule has 27 heavy (non-hydrogen) atoms. The Labute approximate surface area is 168 Å². The summed E-state index contributed by atoms with van der Waals surface area (Å²) in [5.41, 5.74) is 1.91. The van der Waals surface area contributed by atoms with Crippen LogP contribution in [0.15, 0.2) is 11.6 Å². The van der Waals surface area contributed by atoms with Gasteiger partial charge in [0.15, 0.2) is 5.78 Å². The van der Waals surface area contributed by atoms with Gasteiger partial charge in [0, 0.05) is 19.3 Å². The maximum atomic E-state index is 12.5. The molecular weight excluding hydrogens is 360 g/mol. The van der Waals surface area contributed by atoms with Crippen molar-refractivity contribution in [2.75, 3.05) is 5.88 Å². The SMILES string of the molecule is CC(=O)O[C@H]1CC[C@@]2(C)C(=CC[C@@H]3[C@@H]4CC[C@H](C(=O)CCl)[C@@]4(C)CC[C@@H]32)C1. The van der Waals surface area contributed by atoms with Gasteiger partial charge in [-0.15, -0.1) is 11.6 Å². The maximum absolute atomic E-state index is 12.5. The van der Waals surface area contributed by atoms with Gasteiger partial charge >= 0.3 is 5.97 Å². The van der Waals surface area contributed by atoms with Gasteiger partial charge in [0.1, 0.15) is 6.10 Å². The molecule has 0 spiro atoms. The van der Waals surface area contributed by atoms with E-state index in [9.17, 15) is 9.59 Å². The van der Waals surface area contributed by atoms with Gasteiger partial charge in [0.05, 0.1) is 5.88 Å². The van der Waals surface area contributed by atoms with E-state index in [4.69, 9.17) is 16.3 Å². The lowest BCUT2D eigenvalue weighted by molar-refractivity contribution is -0.149. The van der Waals surface area contributed by atoms with Gasteiger partial charge < -0.3 is 4.74 Å². The van der Waals surface area contributed by atoms with E-state index in [0.717, 1.165) is 38.5 Å². The lowest BCUT2D eigenvalue weighted by Crippen LogP contribution is -2.51. The first-order valence-electron chi connectivity index (χ1n) is 10.7. The highest BCUT2D eigenvalue weighted by Crippen LogP contribution is 2.66. The fourth-order valence-corrected chi connectivity index (χ4v) is 7.77. The van der Waals surface area contributed by atoms with Gasteiger partial charge in [-0.2, -0.15) is 0 Å². The van der Waals surface area contributed by atoms with E-state index < -0.39 is 0 Å². The quantitative estimate of drug-likeness (QED) is 0.371. The van der Waals surface area contributed by atoms with Gasteiger partial charge in [-0.05, 0) is 73.5 Å². The van der Waals surface area contributed by atoms with Crippen LogP contribution in [0.5, 0.6) is 0 Å². The van der Waals surface area contributed by atoms with Crippen LogP contribution in [-0.4, -0.2) is 23.7 Å². The van der Waals surface area contributed by atoms with Crippen LogP contribution < -0.4 is 0 Å². The zero-order valence-corrected chi connectivity index (χ0v) is 17.7. The molecule has 0 saturated heterocycles. The summed E-state index contributed by atoms with van der Waals surface area (Å²) >= 11 is 5.93. The number of carbonyl (C=O) groups excluding carboxylic acids is 2. The first kappa shape index (κ1) is 19.5. The van der Waals surface area contributed by atoms with Crippen molar-refractivity contribution in [3.05, 3.63) is 11.6 Å². The molecule has 4 rings (SSSR count). The zero-order chi connectivity index (χ0) is 19.4. The Kier molecular flexibility index (Phi) is 4.98. The minimum atomic E-state index is -0.160. The molecule has 4 aliphatic rings. The summed E-state index contributed by atoms with van der Waals surface area (Å²) < 4.78 is 5.53. The Morgan fingerprint density at radius 1 is 1.15 bits per heavy atom. The molecule has 0 amide bonds. The molecule has 150 valence electrons. The molecule has 0 heterocycles. The second-order valence-corrected chi connectivity index (χ2v) is 10.3. The smallest absolute Gasteiger partial charge is 0.302 e. The Bertz CT molecular complexity index is 671. The molecule has 4 aliphatic carbocycles. The van der Waals surface area contributed by atoms with Gasteiger partial charge in [-0.1, -0.05) is 25.5 Å². The van der Waals surface area contributed by atoms with Crippen LogP contribution in [0, 0.1) is 34.5 Å². The predicted molar refractivity (Wildman–Crippen MR) is 106 cm³/mol. The van der Waals surface area contributed by atoms with Crippen molar-refractivity contribution >= 4 is 23.4 Å². The summed E-state index contributed by atoms with van der Waals surface area (Å²) in [5.74, 6) is 2.48. The molecule has 0 bridgehead atoms. The average Bonchev–Trinajstić information content (AvgIpc) is 2.98. The highest BCUT2D eigenvalue weighted by Gasteiger charge is 2.59. The third-order valence-corrected chi connectivity index (χ3v) is 9.18. The summed E-state index contributed by atoms with van der Waals surface area (Å²) in [4.78, 5) is 23.8. The number of Topliss-reactive ketones (excluding diaryl/α,β-unsaturated/α-hetero) is 1. The Morgan fingerprint density at radius 2 is 1.93 bits per heavy atom. The van der Waals surface area contributed by atoms with Crippen LogP contribution in [-0.2, 0) is 14.3 Å². The molecule has 0 aromatic carbocycles.